The third-order valence-electron chi connectivity index (χ3n) is 4.43. The highest BCUT2D eigenvalue weighted by atomic mass is 16.2. The van der Waals surface area contributed by atoms with Crippen molar-refractivity contribution in [3.8, 4) is 0 Å². The van der Waals surface area contributed by atoms with Gasteiger partial charge in [0.05, 0.1) is 11.3 Å². The lowest BCUT2D eigenvalue weighted by Crippen LogP contribution is -2.49. The molecule has 1 amide bonds. The van der Waals surface area contributed by atoms with Crippen molar-refractivity contribution in [3.05, 3.63) is 29.3 Å². The van der Waals surface area contributed by atoms with E-state index in [4.69, 9.17) is 5.84 Å². The number of nitrogens with two attached hydrogens (primary N) is 1. The Balaban J connectivity index is 1.63. The zero-order chi connectivity index (χ0) is 14.8. The van der Waals surface area contributed by atoms with Crippen molar-refractivity contribution in [2.75, 3.05) is 38.1 Å². The number of hydrazine groups is 1. The molecule has 2 fully saturated rings. The van der Waals surface area contributed by atoms with Crippen LogP contribution in [-0.4, -0.2) is 48.4 Å². The highest BCUT2D eigenvalue weighted by Crippen LogP contribution is 2.30. The summed E-state index contributed by atoms with van der Waals surface area (Å²) in [6, 6.07) is 5.73. The Morgan fingerprint density at radius 2 is 2.00 bits per heavy atom. The van der Waals surface area contributed by atoms with E-state index in [1.807, 2.05) is 30.0 Å². The van der Waals surface area contributed by atoms with Crippen molar-refractivity contribution in [3.63, 3.8) is 0 Å². The zero-order valence-electron chi connectivity index (χ0n) is 12.6. The molecule has 1 saturated heterocycles. The monoisotopic (exact) mass is 288 g/mol. The number of carbonyl (C=O) groups excluding carboxylic acids is 1. The minimum absolute atomic E-state index is 0.0778. The van der Waals surface area contributed by atoms with E-state index in [2.05, 4.69) is 10.3 Å². The molecule has 3 N–H and O–H groups in total. The number of benzene rings is 1. The summed E-state index contributed by atoms with van der Waals surface area (Å²) in [5, 5.41) is 0. The summed E-state index contributed by atoms with van der Waals surface area (Å²) >= 11 is 0. The molecule has 0 bridgehead atoms. The van der Waals surface area contributed by atoms with Crippen LogP contribution in [-0.2, 0) is 0 Å². The maximum atomic E-state index is 12.6. The first-order chi connectivity index (χ1) is 10.2. The Morgan fingerprint density at radius 1 is 1.29 bits per heavy atom. The molecule has 0 aromatic heterocycles. The van der Waals surface area contributed by atoms with Gasteiger partial charge in [-0.3, -0.25) is 15.5 Å². The van der Waals surface area contributed by atoms with Gasteiger partial charge in [-0.15, -0.1) is 0 Å². The predicted molar refractivity (Wildman–Crippen MR) is 84.1 cm³/mol. The summed E-state index contributed by atoms with van der Waals surface area (Å²) in [5.41, 5.74) is 5.11. The molecule has 2 aliphatic rings. The lowest BCUT2D eigenvalue weighted by molar-refractivity contribution is 0.0633. The van der Waals surface area contributed by atoms with Crippen LogP contribution in [0.4, 0.5) is 5.69 Å². The van der Waals surface area contributed by atoms with E-state index in [0.717, 1.165) is 37.7 Å². The minimum Gasteiger partial charge on any atom is -0.336 e. The summed E-state index contributed by atoms with van der Waals surface area (Å²) in [4.78, 5) is 17.1. The summed E-state index contributed by atoms with van der Waals surface area (Å²) in [6.07, 6.45) is 2.77. The molecule has 1 saturated carbocycles. The first kappa shape index (κ1) is 14.4. The fraction of sp³-hybridized carbons (Fsp3) is 0.562. The van der Waals surface area contributed by atoms with Gasteiger partial charge in [0.1, 0.15) is 0 Å². The van der Waals surface area contributed by atoms with Crippen LogP contribution < -0.4 is 11.3 Å². The Kier molecular flexibility index (Phi) is 4.12. The van der Waals surface area contributed by atoms with Gasteiger partial charge in [-0.2, -0.15) is 0 Å². The summed E-state index contributed by atoms with van der Waals surface area (Å²) in [6.45, 7) is 6.79. The molecule has 114 valence electrons. The average Bonchev–Trinajstić information content (AvgIpc) is 3.31. The topological polar surface area (TPSA) is 61.6 Å². The van der Waals surface area contributed by atoms with Crippen molar-refractivity contribution in [1.29, 1.82) is 0 Å². The predicted octanol–water partition coefficient (Wildman–Crippen LogP) is 1.45. The van der Waals surface area contributed by atoms with Crippen LogP contribution in [0.15, 0.2) is 18.2 Å². The van der Waals surface area contributed by atoms with Gasteiger partial charge in [-0.25, -0.2) is 0 Å². The second-order valence-electron chi connectivity index (χ2n) is 6.23. The second-order valence-corrected chi connectivity index (χ2v) is 6.23. The molecule has 1 aliphatic heterocycles. The number of amides is 1. The van der Waals surface area contributed by atoms with Gasteiger partial charge in [0, 0.05) is 32.7 Å². The number of nitrogen functional groups attached to an aromatic ring is 1. The SMILES string of the molecule is Cc1ccc(C(=O)N2CCN(CC3CC3)CC2)c(NN)c1. The molecule has 3 rings (SSSR count). The third kappa shape index (κ3) is 3.36. The molecule has 0 atom stereocenters. The molecule has 1 aliphatic carbocycles. The summed E-state index contributed by atoms with van der Waals surface area (Å²) in [7, 11) is 0. The van der Waals surface area contributed by atoms with E-state index in [0.29, 0.717) is 11.3 Å². The molecule has 1 aromatic rings. The van der Waals surface area contributed by atoms with Gasteiger partial charge in [0.2, 0.25) is 0 Å². The van der Waals surface area contributed by atoms with Crippen LogP contribution >= 0.6 is 0 Å². The van der Waals surface area contributed by atoms with E-state index in [9.17, 15) is 4.79 Å². The maximum absolute atomic E-state index is 12.6. The number of anilines is 1. The van der Waals surface area contributed by atoms with Gasteiger partial charge in [-0.1, -0.05) is 6.07 Å². The number of carbonyl (C=O) groups is 1. The smallest absolute Gasteiger partial charge is 0.256 e. The molecule has 21 heavy (non-hydrogen) atoms. The quantitative estimate of drug-likeness (QED) is 0.650. The van der Waals surface area contributed by atoms with Crippen molar-refractivity contribution >= 4 is 11.6 Å². The van der Waals surface area contributed by atoms with Crippen molar-refractivity contribution in [1.82, 2.24) is 9.80 Å². The number of piperazine rings is 1. The normalized spacial score (nSPS) is 19.6. The number of hydrogen-bond donors (Lipinski definition) is 2. The molecule has 0 radical (unpaired) electrons. The van der Waals surface area contributed by atoms with Gasteiger partial charge in [-0.05, 0) is 43.4 Å². The molecule has 0 unspecified atom stereocenters. The third-order valence-corrected chi connectivity index (χ3v) is 4.43. The minimum atomic E-state index is 0.0778. The van der Waals surface area contributed by atoms with E-state index in [1.165, 1.54) is 19.4 Å². The van der Waals surface area contributed by atoms with Crippen molar-refractivity contribution in [2.45, 2.75) is 19.8 Å². The van der Waals surface area contributed by atoms with E-state index in [1.54, 1.807) is 0 Å². The van der Waals surface area contributed by atoms with E-state index in [-0.39, 0.29) is 5.91 Å². The summed E-state index contributed by atoms with van der Waals surface area (Å²) < 4.78 is 0. The number of nitrogens with zero attached hydrogens (tertiary/aromatic N) is 2. The molecule has 1 heterocycles. The first-order valence-electron chi connectivity index (χ1n) is 7.76. The number of aryl methyl sites for hydroxylation is 1. The lowest BCUT2D eigenvalue weighted by Gasteiger charge is -2.35. The fourth-order valence-electron chi connectivity index (χ4n) is 2.93. The molecular weight excluding hydrogens is 264 g/mol. The fourth-order valence-corrected chi connectivity index (χ4v) is 2.93. The molecular formula is C16H24N4O. The number of rotatable bonds is 4. The van der Waals surface area contributed by atoms with Crippen molar-refractivity contribution < 1.29 is 4.79 Å². The average molecular weight is 288 g/mol. The van der Waals surface area contributed by atoms with Crippen LogP contribution in [0.25, 0.3) is 0 Å². The molecule has 1 aromatic carbocycles. The molecule has 5 heteroatoms. The van der Waals surface area contributed by atoms with Crippen LogP contribution in [0, 0.1) is 12.8 Å². The molecule has 0 spiro atoms. The van der Waals surface area contributed by atoms with Crippen LogP contribution in [0.5, 0.6) is 0 Å². The maximum Gasteiger partial charge on any atom is 0.256 e. The van der Waals surface area contributed by atoms with E-state index < -0.39 is 0 Å². The number of hydrogen-bond acceptors (Lipinski definition) is 4. The Labute approximate surface area is 126 Å². The van der Waals surface area contributed by atoms with Crippen LogP contribution in [0.3, 0.4) is 0 Å². The van der Waals surface area contributed by atoms with Gasteiger partial charge in [0.25, 0.3) is 5.91 Å². The first-order valence-corrected chi connectivity index (χ1v) is 7.76. The number of nitrogens with one attached hydrogen (secondary N) is 1. The Bertz CT molecular complexity index is 519. The molecule has 5 nitrogen and oxygen atoms in total. The van der Waals surface area contributed by atoms with Crippen LogP contribution in [0.2, 0.25) is 0 Å². The standard InChI is InChI=1S/C16H24N4O/c1-12-2-5-14(15(10-12)18-17)16(21)20-8-6-19(7-9-20)11-13-3-4-13/h2,5,10,13,18H,3-4,6-9,11,17H2,1H3. The lowest BCUT2D eigenvalue weighted by atomic mass is 10.1. The van der Waals surface area contributed by atoms with Crippen molar-refractivity contribution in [2.24, 2.45) is 11.8 Å². The Hall–Kier alpha value is -1.59. The van der Waals surface area contributed by atoms with E-state index >= 15 is 0 Å². The van der Waals surface area contributed by atoms with Gasteiger partial charge < -0.3 is 10.3 Å². The highest BCUT2D eigenvalue weighted by Gasteiger charge is 2.28. The van der Waals surface area contributed by atoms with Gasteiger partial charge in [0.15, 0.2) is 0 Å². The Morgan fingerprint density at radius 3 is 2.62 bits per heavy atom. The second kappa shape index (κ2) is 6.03. The van der Waals surface area contributed by atoms with Crippen LogP contribution in [0.1, 0.15) is 28.8 Å². The largest absolute Gasteiger partial charge is 0.336 e. The highest BCUT2D eigenvalue weighted by molar-refractivity contribution is 5.99. The van der Waals surface area contributed by atoms with Gasteiger partial charge >= 0.3 is 0 Å². The zero-order valence-corrected chi connectivity index (χ0v) is 12.6. The summed E-state index contributed by atoms with van der Waals surface area (Å²) in [5.74, 6) is 6.53.